The van der Waals surface area contributed by atoms with Gasteiger partial charge in [0.1, 0.15) is 0 Å². The number of hydrogen-bond acceptors (Lipinski definition) is 6. The van der Waals surface area contributed by atoms with Gasteiger partial charge in [-0.1, -0.05) is 24.3 Å². The largest absolute Gasteiger partial charge is 0.337 e. The van der Waals surface area contributed by atoms with Crippen LogP contribution in [0.5, 0.6) is 0 Å². The highest BCUT2D eigenvalue weighted by atomic mass is 32.2. The van der Waals surface area contributed by atoms with Gasteiger partial charge in [0, 0.05) is 32.0 Å². The first kappa shape index (κ1) is 22.9. The van der Waals surface area contributed by atoms with E-state index in [1.807, 2.05) is 6.07 Å². The van der Waals surface area contributed by atoms with Crippen molar-refractivity contribution in [3.05, 3.63) is 69.8 Å². The van der Waals surface area contributed by atoms with Gasteiger partial charge in [0.05, 0.1) is 22.3 Å². The van der Waals surface area contributed by atoms with Gasteiger partial charge in [-0.25, -0.2) is 8.42 Å². The molecule has 1 heterocycles. The summed E-state index contributed by atoms with van der Waals surface area (Å²) >= 11 is 0. The topological polar surface area (TPSA) is 101 Å². The maximum Gasteiger partial charge on any atom is 0.269 e. The number of nitrogens with zero attached hydrogens (tertiary/aromatic N) is 3. The predicted molar refractivity (Wildman–Crippen MR) is 118 cm³/mol. The van der Waals surface area contributed by atoms with E-state index in [0.717, 1.165) is 37.8 Å². The van der Waals surface area contributed by atoms with Crippen LogP contribution >= 0.6 is 0 Å². The van der Waals surface area contributed by atoms with Crippen molar-refractivity contribution in [3.63, 3.8) is 0 Å². The van der Waals surface area contributed by atoms with Crippen LogP contribution in [0, 0.1) is 10.1 Å². The summed E-state index contributed by atoms with van der Waals surface area (Å²) in [6, 6.07) is 12.4. The van der Waals surface area contributed by atoms with E-state index in [1.165, 1.54) is 24.3 Å². The number of sulfone groups is 1. The SMILES string of the molecule is CN(C(=O)Cc1ccc(S(C)(=O)=O)cc1)C(CN1CCCC1)c1cccc([N+](=O)[O-])c1. The highest BCUT2D eigenvalue weighted by Gasteiger charge is 2.27. The lowest BCUT2D eigenvalue weighted by molar-refractivity contribution is -0.385. The normalized spacial score (nSPS) is 15.5. The standard InChI is InChI=1S/C22H27N3O5S/c1-23(22(26)14-17-8-10-20(11-9-17)31(2,29)30)21(16-24-12-3-4-13-24)18-6-5-7-19(15-18)25(27)28/h5-11,15,21H,3-4,12-14,16H2,1-2H3. The van der Waals surface area contributed by atoms with E-state index in [2.05, 4.69) is 4.90 Å². The summed E-state index contributed by atoms with van der Waals surface area (Å²) in [5, 5.41) is 11.2. The maximum atomic E-state index is 13.1. The first-order valence-electron chi connectivity index (χ1n) is 10.2. The summed E-state index contributed by atoms with van der Waals surface area (Å²) in [5.74, 6) is -0.136. The van der Waals surface area contributed by atoms with Gasteiger partial charge in [0.2, 0.25) is 5.91 Å². The van der Waals surface area contributed by atoms with E-state index >= 15 is 0 Å². The number of likely N-dealkylation sites (N-methyl/N-ethyl adjacent to an activating group) is 1. The molecule has 1 amide bonds. The van der Waals surface area contributed by atoms with Gasteiger partial charge in [-0.05, 0) is 49.2 Å². The zero-order valence-corrected chi connectivity index (χ0v) is 18.5. The summed E-state index contributed by atoms with van der Waals surface area (Å²) in [6.45, 7) is 2.50. The summed E-state index contributed by atoms with van der Waals surface area (Å²) in [7, 11) is -1.58. The summed E-state index contributed by atoms with van der Waals surface area (Å²) in [6.07, 6.45) is 3.47. The lowest BCUT2D eigenvalue weighted by atomic mass is 10.0. The van der Waals surface area contributed by atoms with E-state index in [0.29, 0.717) is 12.1 Å². The van der Waals surface area contributed by atoms with Crippen LogP contribution in [0.3, 0.4) is 0 Å². The number of nitro groups is 1. The zero-order chi connectivity index (χ0) is 22.6. The van der Waals surface area contributed by atoms with Gasteiger partial charge in [-0.3, -0.25) is 14.9 Å². The van der Waals surface area contributed by atoms with Crippen molar-refractivity contribution in [1.82, 2.24) is 9.80 Å². The molecule has 9 heteroatoms. The van der Waals surface area contributed by atoms with Crippen molar-refractivity contribution < 1.29 is 18.1 Å². The van der Waals surface area contributed by atoms with Crippen molar-refractivity contribution in [1.29, 1.82) is 0 Å². The van der Waals surface area contributed by atoms with Crippen LogP contribution < -0.4 is 0 Å². The highest BCUT2D eigenvalue weighted by molar-refractivity contribution is 7.90. The van der Waals surface area contributed by atoms with Crippen LogP contribution in [0.25, 0.3) is 0 Å². The Morgan fingerprint density at radius 2 is 1.81 bits per heavy atom. The average Bonchev–Trinajstić information content (AvgIpc) is 3.24. The maximum absolute atomic E-state index is 13.1. The minimum atomic E-state index is -3.29. The molecule has 0 spiro atoms. The number of hydrogen-bond donors (Lipinski definition) is 0. The highest BCUT2D eigenvalue weighted by Crippen LogP contribution is 2.26. The molecule has 0 bridgehead atoms. The van der Waals surface area contributed by atoms with Crippen LogP contribution in [-0.2, 0) is 21.1 Å². The fraction of sp³-hybridized carbons (Fsp3) is 0.409. The van der Waals surface area contributed by atoms with Gasteiger partial charge in [-0.15, -0.1) is 0 Å². The second-order valence-electron chi connectivity index (χ2n) is 7.97. The third kappa shape index (κ3) is 5.89. The Morgan fingerprint density at radius 1 is 1.16 bits per heavy atom. The predicted octanol–water partition coefficient (Wildman–Crippen LogP) is 2.84. The number of rotatable bonds is 8. The zero-order valence-electron chi connectivity index (χ0n) is 17.7. The molecular formula is C22H27N3O5S. The average molecular weight is 446 g/mol. The first-order valence-corrected chi connectivity index (χ1v) is 12.1. The molecule has 0 aliphatic carbocycles. The molecule has 0 aromatic heterocycles. The molecule has 0 N–H and O–H groups in total. The molecule has 1 atom stereocenters. The molecule has 1 aliphatic heterocycles. The van der Waals surface area contributed by atoms with E-state index in [-0.39, 0.29) is 29.0 Å². The van der Waals surface area contributed by atoms with Crippen molar-refractivity contribution in [2.75, 3.05) is 32.9 Å². The van der Waals surface area contributed by atoms with Crippen LogP contribution in [0.15, 0.2) is 53.4 Å². The fourth-order valence-corrected chi connectivity index (χ4v) is 4.46. The van der Waals surface area contributed by atoms with Gasteiger partial charge < -0.3 is 9.80 Å². The fourth-order valence-electron chi connectivity index (χ4n) is 3.83. The summed E-state index contributed by atoms with van der Waals surface area (Å²) in [5.41, 5.74) is 1.44. The number of amides is 1. The van der Waals surface area contributed by atoms with Crippen LogP contribution in [0.4, 0.5) is 5.69 Å². The molecule has 8 nitrogen and oxygen atoms in total. The Labute approximate surface area is 182 Å². The number of carbonyl (C=O) groups is 1. The molecule has 166 valence electrons. The van der Waals surface area contributed by atoms with E-state index in [9.17, 15) is 23.3 Å². The Hall–Kier alpha value is -2.78. The number of likely N-dealkylation sites (tertiary alicyclic amines) is 1. The van der Waals surface area contributed by atoms with Gasteiger partial charge in [-0.2, -0.15) is 0 Å². The Balaban J connectivity index is 1.81. The molecule has 0 radical (unpaired) electrons. The van der Waals surface area contributed by atoms with Gasteiger partial charge in [0.15, 0.2) is 9.84 Å². The third-order valence-electron chi connectivity index (χ3n) is 5.66. The Morgan fingerprint density at radius 3 is 2.39 bits per heavy atom. The van der Waals surface area contributed by atoms with Crippen molar-refractivity contribution in [2.45, 2.75) is 30.2 Å². The quantitative estimate of drug-likeness (QED) is 0.457. The number of benzene rings is 2. The Kier molecular flexibility index (Phi) is 7.07. The smallest absolute Gasteiger partial charge is 0.269 e. The van der Waals surface area contributed by atoms with E-state index in [1.54, 1.807) is 30.1 Å². The molecule has 2 aromatic rings. The minimum Gasteiger partial charge on any atom is -0.337 e. The molecule has 0 saturated carbocycles. The van der Waals surface area contributed by atoms with Crippen molar-refractivity contribution in [2.24, 2.45) is 0 Å². The van der Waals surface area contributed by atoms with Crippen molar-refractivity contribution in [3.8, 4) is 0 Å². The van der Waals surface area contributed by atoms with Crippen LogP contribution in [0.1, 0.15) is 30.0 Å². The molecule has 2 aromatic carbocycles. The van der Waals surface area contributed by atoms with E-state index < -0.39 is 14.8 Å². The molecule has 1 aliphatic rings. The molecular weight excluding hydrogens is 418 g/mol. The molecule has 1 saturated heterocycles. The molecule has 3 rings (SSSR count). The third-order valence-corrected chi connectivity index (χ3v) is 6.79. The molecule has 1 fully saturated rings. The van der Waals surface area contributed by atoms with Crippen LogP contribution in [-0.4, -0.2) is 62.0 Å². The monoisotopic (exact) mass is 445 g/mol. The second-order valence-corrected chi connectivity index (χ2v) is 9.99. The van der Waals surface area contributed by atoms with Gasteiger partial charge in [0.25, 0.3) is 5.69 Å². The van der Waals surface area contributed by atoms with E-state index in [4.69, 9.17) is 0 Å². The summed E-state index contributed by atoms with van der Waals surface area (Å²) < 4.78 is 23.3. The lowest BCUT2D eigenvalue weighted by Gasteiger charge is -2.32. The molecule has 1 unspecified atom stereocenters. The lowest BCUT2D eigenvalue weighted by Crippen LogP contribution is -2.39. The van der Waals surface area contributed by atoms with Gasteiger partial charge >= 0.3 is 0 Å². The second kappa shape index (κ2) is 9.57. The number of nitro benzene ring substituents is 1. The number of non-ortho nitro benzene ring substituents is 1. The summed E-state index contributed by atoms with van der Waals surface area (Å²) in [4.78, 5) is 28.0. The molecule has 31 heavy (non-hydrogen) atoms. The van der Waals surface area contributed by atoms with Crippen molar-refractivity contribution >= 4 is 21.4 Å². The minimum absolute atomic E-state index is 0.00105. The first-order chi connectivity index (χ1) is 14.6. The number of carbonyl (C=O) groups excluding carboxylic acids is 1. The Bertz CT molecular complexity index is 1050. The van der Waals surface area contributed by atoms with Crippen LogP contribution in [0.2, 0.25) is 0 Å².